The maximum atomic E-state index is 6.01. The van der Waals surface area contributed by atoms with E-state index in [-0.39, 0.29) is 6.29 Å². The number of ether oxygens (including phenoxy) is 3. The second kappa shape index (κ2) is 14.6. The molecule has 0 radical (unpaired) electrons. The Labute approximate surface area is 168 Å². The minimum Gasteiger partial charge on any atom is -0.373 e. The summed E-state index contributed by atoms with van der Waals surface area (Å²) in [6, 6.07) is 0. The molecule has 3 nitrogen and oxygen atoms in total. The molecule has 158 valence electrons. The van der Waals surface area contributed by atoms with Crippen LogP contribution in [0.4, 0.5) is 0 Å². The van der Waals surface area contributed by atoms with Crippen molar-refractivity contribution in [2.24, 2.45) is 5.92 Å². The van der Waals surface area contributed by atoms with Gasteiger partial charge in [0.2, 0.25) is 0 Å². The van der Waals surface area contributed by atoms with Crippen molar-refractivity contribution in [3.8, 4) is 0 Å². The summed E-state index contributed by atoms with van der Waals surface area (Å²) in [6.07, 6.45) is 20.2. The molecule has 0 spiro atoms. The van der Waals surface area contributed by atoms with Gasteiger partial charge in [-0.25, -0.2) is 0 Å². The van der Waals surface area contributed by atoms with Crippen LogP contribution in [-0.2, 0) is 14.2 Å². The monoisotopic (exact) mass is 380 g/mol. The molecule has 0 aromatic carbocycles. The Morgan fingerprint density at radius 3 is 2.19 bits per heavy atom. The van der Waals surface area contributed by atoms with Crippen molar-refractivity contribution in [2.75, 3.05) is 19.8 Å². The summed E-state index contributed by atoms with van der Waals surface area (Å²) in [5.41, 5.74) is 1.21. The zero-order chi connectivity index (χ0) is 19.2. The predicted octanol–water partition coefficient (Wildman–Crippen LogP) is 6.80. The summed E-state index contributed by atoms with van der Waals surface area (Å²) >= 11 is 0. The van der Waals surface area contributed by atoms with Crippen LogP contribution in [0.3, 0.4) is 0 Å². The summed E-state index contributed by atoms with van der Waals surface area (Å²) < 4.78 is 17.7. The first-order chi connectivity index (χ1) is 13.3. The summed E-state index contributed by atoms with van der Waals surface area (Å²) in [6.45, 7) is 8.76. The van der Waals surface area contributed by atoms with E-state index in [1.165, 1.54) is 89.0 Å². The highest BCUT2D eigenvalue weighted by Crippen LogP contribution is 2.30. The van der Waals surface area contributed by atoms with Crippen LogP contribution in [0.15, 0.2) is 12.2 Å². The van der Waals surface area contributed by atoms with Gasteiger partial charge in [-0.3, -0.25) is 0 Å². The molecule has 2 fully saturated rings. The van der Waals surface area contributed by atoms with Crippen LogP contribution >= 0.6 is 0 Å². The molecule has 0 aromatic heterocycles. The zero-order valence-corrected chi connectivity index (χ0v) is 17.9. The van der Waals surface area contributed by atoms with E-state index in [4.69, 9.17) is 14.2 Å². The van der Waals surface area contributed by atoms with Crippen LogP contribution in [0, 0.1) is 5.92 Å². The molecule has 0 aromatic rings. The fourth-order valence-corrected chi connectivity index (χ4v) is 4.27. The molecule has 2 rings (SSSR count). The lowest BCUT2D eigenvalue weighted by atomic mass is 9.94. The van der Waals surface area contributed by atoms with Gasteiger partial charge in [0.1, 0.15) is 0 Å². The van der Waals surface area contributed by atoms with Crippen molar-refractivity contribution in [3.05, 3.63) is 12.2 Å². The van der Waals surface area contributed by atoms with Crippen LogP contribution in [0.25, 0.3) is 0 Å². The van der Waals surface area contributed by atoms with Gasteiger partial charge in [-0.15, -0.1) is 0 Å². The van der Waals surface area contributed by atoms with Gasteiger partial charge in [0.15, 0.2) is 6.29 Å². The van der Waals surface area contributed by atoms with Gasteiger partial charge in [0.25, 0.3) is 0 Å². The van der Waals surface area contributed by atoms with Gasteiger partial charge in [-0.05, 0) is 31.3 Å². The molecule has 0 aliphatic carbocycles. The number of unbranched alkanes of at least 4 members (excludes halogenated alkanes) is 10. The van der Waals surface area contributed by atoms with Crippen LogP contribution < -0.4 is 0 Å². The molecule has 3 heteroatoms. The molecule has 2 saturated heterocycles. The molecule has 3 atom stereocenters. The van der Waals surface area contributed by atoms with Crippen LogP contribution in [-0.4, -0.2) is 32.2 Å². The Morgan fingerprint density at radius 1 is 0.889 bits per heavy atom. The van der Waals surface area contributed by atoms with Gasteiger partial charge in [0.05, 0.1) is 19.3 Å². The fourth-order valence-electron chi connectivity index (χ4n) is 4.27. The normalized spacial score (nSPS) is 26.0. The van der Waals surface area contributed by atoms with E-state index in [1.807, 2.05) is 0 Å². The van der Waals surface area contributed by atoms with Crippen LogP contribution in [0.5, 0.6) is 0 Å². The molecule has 0 bridgehead atoms. The number of hydrogen-bond donors (Lipinski definition) is 0. The van der Waals surface area contributed by atoms with Gasteiger partial charge >= 0.3 is 0 Å². The Hall–Kier alpha value is -0.380. The van der Waals surface area contributed by atoms with Gasteiger partial charge in [-0.2, -0.15) is 0 Å². The van der Waals surface area contributed by atoms with E-state index in [9.17, 15) is 0 Å². The van der Waals surface area contributed by atoms with Crippen LogP contribution in [0.2, 0.25) is 0 Å². The largest absolute Gasteiger partial charge is 0.373 e. The van der Waals surface area contributed by atoms with E-state index in [1.54, 1.807) is 0 Å². The van der Waals surface area contributed by atoms with Crippen LogP contribution in [0.1, 0.15) is 103 Å². The summed E-state index contributed by atoms with van der Waals surface area (Å²) in [7, 11) is 0. The third kappa shape index (κ3) is 9.58. The van der Waals surface area contributed by atoms with E-state index in [0.717, 1.165) is 19.4 Å². The second-order valence-corrected chi connectivity index (χ2v) is 8.57. The Balaban J connectivity index is 1.47. The number of hydrogen-bond acceptors (Lipinski definition) is 3. The summed E-state index contributed by atoms with van der Waals surface area (Å²) in [5, 5.41) is 0. The first-order valence-electron chi connectivity index (χ1n) is 11.8. The third-order valence-electron chi connectivity index (χ3n) is 6.15. The summed E-state index contributed by atoms with van der Waals surface area (Å²) in [4.78, 5) is 0. The molecule has 0 saturated carbocycles. The SMILES string of the molecule is C=C1CO[C@H](CCCCCCCCCCCCC)[C@H]1COC1CCCCO1. The van der Waals surface area contributed by atoms with E-state index < -0.39 is 0 Å². The van der Waals surface area contributed by atoms with Gasteiger partial charge in [0, 0.05) is 12.5 Å². The van der Waals surface area contributed by atoms with Crippen molar-refractivity contribution in [1.82, 2.24) is 0 Å². The molecular weight excluding hydrogens is 336 g/mol. The quantitative estimate of drug-likeness (QED) is 0.231. The van der Waals surface area contributed by atoms with Crippen molar-refractivity contribution in [3.63, 3.8) is 0 Å². The molecule has 2 aliphatic heterocycles. The van der Waals surface area contributed by atoms with Crippen molar-refractivity contribution in [1.29, 1.82) is 0 Å². The number of rotatable bonds is 15. The Morgan fingerprint density at radius 2 is 1.56 bits per heavy atom. The average Bonchev–Trinajstić information content (AvgIpc) is 3.05. The highest BCUT2D eigenvalue weighted by atomic mass is 16.7. The van der Waals surface area contributed by atoms with E-state index in [0.29, 0.717) is 25.2 Å². The predicted molar refractivity (Wildman–Crippen MR) is 113 cm³/mol. The van der Waals surface area contributed by atoms with Crippen molar-refractivity contribution < 1.29 is 14.2 Å². The van der Waals surface area contributed by atoms with E-state index in [2.05, 4.69) is 13.5 Å². The first kappa shape index (κ1) is 22.9. The minimum atomic E-state index is -0.00484. The molecular formula is C24H44O3. The standard InChI is InChI=1S/C24H44O3/c1-3-4-5-6-7-8-9-10-11-12-13-16-23-22(21(2)19-26-23)20-27-24-17-14-15-18-25-24/h22-24H,2-20H2,1H3/t22-,23+,24?/m0/s1. The summed E-state index contributed by atoms with van der Waals surface area (Å²) in [5.74, 6) is 0.360. The van der Waals surface area contributed by atoms with Gasteiger partial charge in [-0.1, -0.05) is 84.1 Å². The minimum absolute atomic E-state index is 0.00484. The smallest absolute Gasteiger partial charge is 0.157 e. The highest BCUT2D eigenvalue weighted by Gasteiger charge is 2.32. The van der Waals surface area contributed by atoms with Crippen molar-refractivity contribution >= 4 is 0 Å². The lowest BCUT2D eigenvalue weighted by Crippen LogP contribution is -2.28. The van der Waals surface area contributed by atoms with Gasteiger partial charge < -0.3 is 14.2 Å². The molecule has 27 heavy (non-hydrogen) atoms. The Kier molecular flexibility index (Phi) is 12.4. The average molecular weight is 381 g/mol. The molecule has 2 aliphatic rings. The first-order valence-corrected chi connectivity index (χ1v) is 11.8. The lowest BCUT2D eigenvalue weighted by molar-refractivity contribution is -0.170. The maximum absolute atomic E-state index is 6.01. The van der Waals surface area contributed by atoms with E-state index >= 15 is 0 Å². The second-order valence-electron chi connectivity index (χ2n) is 8.57. The van der Waals surface area contributed by atoms with Crippen molar-refractivity contribution in [2.45, 2.75) is 116 Å². The lowest BCUT2D eigenvalue weighted by Gasteiger charge is -2.26. The molecule has 0 N–H and O–H groups in total. The maximum Gasteiger partial charge on any atom is 0.157 e. The molecule has 1 unspecified atom stereocenters. The fraction of sp³-hybridized carbons (Fsp3) is 0.917. The molecule has 2 heterocycles. The zero-order valence-electron chi connectivity index (χ0n) is 17.9. The molecule has 0 amide bonds. The highest BCUT2D eigenvalue weighted by molar-refractivity contribution is 5.09. The Bertz CT molecular complexity index is 376. The third-order valence-corrected chi connectivity index (χ3v) is 6.15. The topological polar surface area (TPSA) is 27.7 Å².